The number of nitrogen functional groups attached to an aromatic ring is 1. The zero-order valence-electron chi connectivity index (χ0n) is 18.5. The molecular formula is C21H27F2N5O3S3. The number of benzene rings is 1. The number of ketones is 1. The van der Waals surface area contributed by atoms with Crippen molar-refractivity contribution in [3.8, 4) is 0 Å². The third-order valence-corrected chi connectivity index (χ3v) is 9.90. The summed E-state index contributed by atoms with van der Waals surface area (Å²) in [5.74, 6) is -0.647. The van der Waals surface area contributed by atoms with E-state index in [1.807, 2.05) is 11.8 Å². The van der Waals surface area contributed by atoms with Gasteiger partial charge in [-0.05, 0) is 31.4 Å². The minimum absolute atomic E-state index is 0.0390. The fourth-order valence-electron chi connectivity index (χ4n) is 4.07. The zero-order valence-corrected chi connectivity index (χ0v) is 21.0. The number of thioether (sulfide) groups is 1. The molecule has 2 fully saturated rings. The van der Waals surface area contributed by atoms with E-state index in [1.54, 1.807) is 0 Å². The highest BCUT2D eigenvalue weighted by Crippen LogP contribution is 2.30. The van der Waals surface area contributed by atoms with Crippen LogP contribution >= 0.6 is 23.1 Å². The number of piperidine rings is 1. The van der Waals surface area contributed by atoms with Gasteiger partial charge in [0.15, 0.2) is 5.13 Å². The molecule has 2 aromatic rings. The first-order chi connectivity index (χ1) is 16.2. The van der Waals surface area contributed by atoms with Crippen molar-refractivity contribution in [3.05, 3.63) is 40.3 Å². The van der Waals surface area contributed by atoms with Gasteiger partial charge in [0.1, 0.15) is 22.3 Å². The minimum Gasteiger partial charge on any atom is -0.382 e. The van der Waals surface area contributed by atoms with Gasteiger partial charge in [0.2, 0.25) is 15.8 Å². The first-order valence-corrected chi connectivity index (χ1v) is 14.6. The van der Waals surface area contributed by atoms with Crippen LogP contribution in [-0.2, 0) is 10.0 Å². The van der Waals surface area contributed by atoms with Crippen LogP contribution in [0.3, 0.4) is 0 Å². The first-order valence-electron chi connectivity index (χ1n) is 11.0. The van der Waals surface area contributed by atoms with Crippen molar-refractivity contribution in [2.75, 3.05) is 54.6 Å². The van der Waals surface area contributed by atoms with Crippen LogP contribution in [-0.4, -0.2) is 78.0 Å². The molecule has 0 spiro atoms. The van der Waals surface area contributed by atoms with Crippen LogP contribution in [0.25, 0.3) is 0 Å². The number of hydrogen-bond acceptors (Lipinski definition) is 9. The largest absolute Gasteiger partial charge is 0.382 e. The van der Waals surface area contributed by atoms with Crippen molar-refractivity contribution in [2.24, 2.45) is 0 Å². The molecule has 34 heavy (non-hydrogen) atoms. The maximum Gasteiger partial charge on any atom is 0.214 e. The quantitative estimate of drug-likeness (QED) is 0.476. The highest BCUT2D eigenvalue weighted by molar-refractivity contribution is 7.99. The van der Waals surface area contributed by atoms with Crippen molar-refractivity contribution in [2.45, 2.75) is 25.3 Å². The molecule has 13 heteroatoms. The van der Waals surface area contributed by atoms with Crippen molar-refractivity contribution in [1.82, 2.24) is 14.2 Å². The van der Waals surface area contributed by atoms with Crippen molar-refractivity contribution in [3.63, 3.8) is 0 Å². The van der Waals surface area contributed by atoms with E-state index in [2.05, 4.69) is 15.2 Å². The molecule has 0 unspecified atom stereocenters. The van der Waals surface area contributed by atoms with E-state index in [9.17, 15) is 22.0 Å². The maximum absolute atomic E-state index is 14.0. The average Bonchev–Trinajstić information content (AvgIpc) is 3.43. The molecule has 186 valence electrons. The summed E-state index contributed by atoms with van der Waals surface area (Å²) in [5, 5.41) is 3.55. The summed E-state index contributed by atoms with van der Waals surface area (Å²) in [6.07, 6.45) is 1.78. The van der Waals surface area contributed by atoms with Crippen LogP contribution in [0.2, 0.25) is 0 Å². The van der Waals surface area contributed by atoms with Crippen LogP contribution in [0.5, 0.6) is 0 Å². The summed E-state index contributed by atoms with van der Waals surface area (Å²) < 4.78 is 54.9. The second-order valence-corrected chi connectivity index (χ2v) is 12.5. The molecule has 8 nitrogen and oxygen atoms in total. The molecule has 0 aliphatic carbocycles. The summed E-state index contributed by atoms with van der Waals surface area (Å²) in [7, 11) is -3.30. The number of anilines is 2. The number of nitrogens with one attached hydrogen (secondary N) is 1. The fraction of sp³-hybridized carbons (Fsp3) is 0.524. The Morgan fingerprint density at radius 3 is 2.56 bits per heavy atom. The zero-order chi connectivity index (χ0) is 24.3. The molecule has 0 saturated carbocycles. The van der Waals surface area contributed by atoms with Crippen LogP contribution in [0.4, 0.5) is 19.7 Å². The molecule has 3 heterocycles. The van der Waals surface area contributed by atoms with Crippen LogP contribution in [0.1, 0.15) is 34.5 Å². The van der Waals surface area contributed by atoms with Crippen LogP contribution in [0, 0.1) is 11.6 Å². The Bertz CT molecular complexity index is 1110. The van der Waals surface area contributed by atoms with E-state index in [1.165, 1.54) is 10.4 Å². The van der Waals surface area contributed by atoms with E-state index >= 15 is 0 Å². The lowest BCUT2D eigenvalue weighted by molar-refractivity contribution is 0.103. The van der Waals surface area contributed by atoms with Crippen LogP contribution < -0.4 is 11.1 Å². The fourth-order valence-corrected chi connectivity index (χ4v) is 7.53. The van der Waals surface area contributed by atoms with Crippen LogP contribution in [0.15, 0.2) is 18.2 Å². The molecule has 0 bridgehead atoms. The molecule has 0 atom stereocenters. The maximum atomic E-state index is 14.0. The lowest BCUT2D eigenvalue weighted by Gasteiger charge is -2.31. The number of halogens is 2. The summed E-state index contributed by atoms with van der Waals surface area (Å²) in [4.78, 5) is 19.0. The Kier molecular flexibility index (Phi) is 8.08. The number of sulfonamides is 1. The number of hydrogen-bond donors (Lipinski definition) is 2. The number of carbonyl (C=O) groups is 1. The number of aromatic nitrogens is 1. The molecule has 2 saturated heterocycles. The Morgan fingerprint density at radius 2 is 1.91 bits per heavy atom. The molecular weight excluding hydrogens is 504 g/mol. The van der Waals surface area contributed by atoms with Gasteiger partial charge in [-0.3, -0.25) is 9.69 Å². The highest BCUT2D eigenvalue weighted by atomic mass is 32.2. The molecule has 0 radical (unpaired) electrons. The van der Waals surface area contributed by atoms with Gasteiger partial charge in [-0.2, -0.15) is 0 Å². The SMILES string of the molecule is Nc1nc(NC2CCN(S(=O)(=O)CCCN3CCSC3)CC2)sc1C(=O)c1c(F)cccc1F. The molecule has 1 aromatic heterocycles. The van der Waals surface area contributed by atoms with Crippen molar-refractivity contribution < 1.29 is 22.0 Å². The number of nitrogens with zero attached hydrogens (tertiary/aromatic N) is 3. The minimum atomic E-state index is -3.30. The number of rotatable bonds is 9. The summed E-state index contributed by atoms with van der Waals surface area (Å²) >= 11 is 2.80. The predicted molar refractivity (Wildman–Crippen MR) is 132 cm³/mol. The normalized spacial score (nSPS) is 18.4. The molecule has 3 N–H and O–H groups in total. The third-order valence-electron chi connectivity index (χ3n) is 5.93. The van der Waals surface area contributed by atoms with E-state index < -0.39 is 33.0 Å². The first kappa shape index (κ1) is 25.3. The Morgan fingerprint density at radius 1 is 1.21 bits per heavy atom. The Hall–Kier alpha value is -1.80. The highest BCUT2D eigenvalue weighted by Gasteiger charge is 2.29. The van der Waals surface area contributed by atoms with Gasteiger partial charge < -0.3 is 11.1 Å². The summed E-state index contributed by atoms with van der Waals surface area (Å²) in [6.45, 7) is 2.61. The average molecular weight is 532 g/mol. The summed E-state index contributed by atoms with van der Waals surface area (Å²) in [6, 6.07) is 3.16. The van der Waals surface area contributed by atoms with E-state index in [0.29, 0.717) is 37.5 Å². The Balaban J connectivity index is 1.31. The molecule has 1 aromatic carbocycles. The number of thiazole rings is 1. The van der Waals surface area contributed by atoms with Gasteiger partial charge in [-0.1, -0.05) is 17.4 Å². The van der Waals surface area contributed by atoms with Crippen molar-refractivity contribution in [1.29, 1.82) is 0 Å². The lowest BCUT2D eigenvalue weighted by Crippen LogP contribution is -2.43. The van der Waals surface area contributed by atoms with Gasteiger partial charge >= 0.3 is 0 Å². The smallest absolute Gasteiger partial charge is 0.214 e. The van der Waals surface area contributed by atoms with Gasteiger partial charge in [0, 0.05) is 43.9 Å². The molecule has 2 aliphatic heterocycles. The topological polar surface area (TPSA) is 109 Å². The molecule has 4 rings (SSSR count). The van der Waals surface area contributed by atoms with E-state index in [0.717, 1.165) is 48.2 Å². The van der Waals surface area contributed by atoms with Crippen molar-refractivity contribution >= 4 is 49.9 Å². The monoisotopic (exact) mass is 531 g/mol. The number of carbonyl (C=O) groups excluding carboxylic acids is 1. The third kappa shape index (κ3) is 5.88. The Labute approximate surface area is 206 Å². The number of nitrogens with two attached hydrogens (primary N) is 1. The second-order valence-electron chi connectivity index (χ2n) is 8.30. The molecule has 0 amide bonds. The second kappa shape index (κ2) is 10.9. The van der Waals surface area contributed by atoms with Gasteiger partial charge in [-0.25, -0.2) is 26.5 Å². The van der Waals surface area contributed by atoms with E-state index in [4.69, 9.17) is 5.73 Å². The lowest BCUT2D eigenvalue weighted by atomic mass is 10.1. The predicted octanol–water partition coefficient (Wildman–Crippen LogP) is 2.84. The van der Waals surface area contributed by atoms with Gasteiger partial charge in [0.25, 0.3) is 0 Å². The van der Waals surface area contributed by atoms with E-state index in [-0.39, 0.29) is 22.5 Å². The standard InChI is InChI=1S/C21H27F2N5O3S3/c22-15-3-1-4-16(23)17(15)18(29)19-20(24)26-21(33-19)25-14-5-8-28(9-6-14)34(30,31)12-2-7-27-10-11-32-13-27/h1,3-4,14H,2,5-13,24H2,(H,25,26). The van der Waals surface area contributed by atoms with Gasteiger partial charge in [0.05, 0.1) is 11.3 Å². The summed E-state index contributed by atoms with van der Waals surface area (Å²) in [5.41, 5.74) is 5.20. The molecule has 2 aliphatic rings. The van der Waals surface area contributed by atoms with Gasteiger partial charge in [-0.15, -0.1) is 11.8 Å².